The topological polar surface area (TPSA) is 15.3 Å². The van der Waals surface area contributed by atoms with E-state index in [0.717, 1.165) is 17.9 Å². The zero-order valence-corrected chi connectivity index (χ0v) is 13.8. The summed E-state index contributed by atoms with van der Waals surface area (Å²) in [6.07, 6.45) is 8.41. The van der Waals surface area contributed by atoms with Gasteiger partial charge in [-0.15, -0.1) is 0 Å². The highest BCUT2D eigenvalue weighted by molar-refractivity contribution is 4.79. The van der Waals surface area contributed by atoms with Crippen LogP contribution in [0.5, 0.6) is 0 Å². The van der Waals surface area contributed by atoms with Crippen molar-refractivity contribution in [1.29, 1.82) is 0 Å². The summed E-state index contributed by atoms with van der Waals surface area (Å²) in [4.78, 5) is 2.56. The molecule has 0 spiro atoms. The molecule has 0 saturated heterocycles. The van der Waals surface area contributed by atoms with Crippen LogP contribution in [-0.4, -0.2) is 37.1 Å². The zero-order chi connectivity index (χ0) is 14.1. The van der Waals surface area contributed by atoms with E-state index in [1.54, 1.807) is 0 Å². The summed E-state index contributed by atoms with van der Waals surface area (Å²) < 4.78 is 0. The molecule has 1 fully saturated rings. The monoisotopic (exact) mass is 268 g/mol. The summed E-state index contributed by atoms with van der Waals surface area (Å²) in [6.45, 7) is 14.1. The van der Waals surface area contributed by atoms with Crippen LogP contribution in [0.25, 0.3) is 0 Å². The molecule has 1 N–H and O–H groups in total. The van der Waals surface area contributed by atoms with Gasteiger partial charge in [-0.3, -0.25) is 0 Å². The van der Waals surface area contributed by atoms with E-state index < -0.39 is 0 Å². The van der Waals surface area contributed by atoms with Crippen molar-refractivity contribution in [2.24, 2.45) is 11.8 Å². The maximum absolute atomic E-state index is 3.81. The molecule has 0 radical (unpaired) electrons. The predicted octanol–water partition coefficient (Wildman–Crippen LogP) is 3.91. The molecule has 1 aliphatic rings. The number of hydrogen-bond donors (Lipinski definition) is 1. The molecule has 0 amide bonds. The third kappa shape index (κ3) is 7.31. The maximum Gasteiger partial charge on any atom is 0.0107 e. The van der Waals surface area contributed by atoms with E-state index in [-0.39, 0.29) is 0 Å². The number of likely N-dealkylation sites (N-methyl/N-ethyl adjacent to an activating group) is 1. The minimum absolute atomic E-state index is 0.790. The Morgan fingerprint density at radius 1 is 1.16 bits per heavy atom. The quantitative estimate of drug-likeness (QED) is 0.682. The van der Waals surface area contributed by atoms with Gasteiger partial charge in [0.2, 0.25) is 0 Å². The van der Waals surface area contributed by atoms with Crippen molar-refractivity contribution < 1.29 is 0 Å². The summed E-state index contributed by atoms with van der Waals surface area (Å²) in [5.74, 6) is 1.84. The van der Waals surface area contributed by atoms with Crippen LogP contribution in [-0.2, 0) is 0 Å². The van der Waals surface area contributed by atoms with Crippen molar-refractivity contribution in [1.82, 2.24) is 10.2 Å². The van der Waals surface area contributed by atoms with E-state index in [1.165, 1.54) is 64.7 Å². The molecular weight excluding hydrogens is 232 g/mol. The zero-order valence-electron chi connectivity index (χ0n) is 13.8. The third-order valence-electron chi connectivity index (χ3n) is 4.44. The Balaban J connectivity index is 2.17. The Bertz CT molecular complexity index is 215. The first-order valence-corrected chi connectivity index (χ1v) is 8.61. The molecule has 2 unspecified atom stereocenters. The molecule has 19 heavy (non-hydrogen) atoms. The van der Waals surface area contributed by atoms with E-state index in [9.17, 15) is 0 Å². The molecule has 0 aromatic carbocycles. The highest BCUT2D eigenvalue weighted by atomic mass is 15.1. The van der Waals surface area contributed by atoms with Gasteiger partial charge in [-0.2, -0.15) is 0 Å². The fourth-order valence-electron chi connectivity index (χ4n) is 3.53. The Morgan fingerprint density at radius 2 is 1.95 bits per heavy atom. The highest BCUT2D eigenvalue weighted by Crippen LogP contribution is 2.29. The molecular formula is C17H36N2. The predicted molar refractivity (Wildman–Crippen MR) is 85.6 cm³/mol. The van der Waals surface area contributed by atoms with Crippen molar-refractivity contribution in [3.63, 3.8) is 0 Å². The summed E-state index contributed by atoms with van der Waals surface area (Å²) >= 11 is 0. The molecule has 0 aliphatic heterocycles. The molecule has 114 valence electrons. The van der Waals surface area contributed by atoms with Crippen molar-refractivity contribution in [3.05, 3.63) is 0 Å². The van der Waals surface area contributed by atoms with Crippen LogP contribution in [0.2, 0.25) is 0 Å². The molecule has 1 aliphatic carbocycles. The van der Waals surface area contributed by atoms with E-state index >= 15 is 0 Å². The first-order chi connectivity index (χ1) is 9.15. The van der Waals surface area contributed by atoms with Gasteiger partial charge in [-0.05, 0) is 50.6 Å². The number of nitrogens with zero attached hydrogens (tertiary/aromatic N) is 1. The molecule has 1 rings (SSSR count). The lowest BCUT2D eigenvalue weighted by Crippen LogP contribution is -2.40. The summed E-state index contributed by atoms with van der Waals surface area (Å²) in [5, 5.41) is 3.81. The average molecular weight is 268 g/mol. The number of rotatable bonds is 9. The van der Waals surface area contributed by atoms with E-state index in [0.29, 0.717) is 0 Å². The van der Waals surface area contributed by atoms with Gasteiger partial charge in [0, 0.05) is 19.1 Å². The van der Waals surface area contributed by atoms with Crippen molar-refractivity contribution in [3.8, 4) is 0 Å². The van der Waals surface area contributed by atoms with E-state index in [2.05, 4.69) is 37.9 Å². The summed E-state index contributed by atoms with van der Waals surface area (Å²) in [7, 11) is 0. The molecule has 2 heteroatoms. The lowest BCUT2D eigenvalue weighted by Gasteiger charge is -2.31. The minimum atomic E-state index is 0.790. The Morgan fingerprint density at radius 3 is 2.58 bits per heavy atom. The van der Waals surface area contributed by atoms with Gasteiger partial charge in [0.25, 0.3) is 0 Å². The van der Waals surface area contributed by atoms with Crippen molar-refractivity contribution in [2.75, 3.05) is 26.2 Å². The first kappa shape index (κ1) is 17.0. The largest absolute Gasteiger partial charge is 0.313 e. The van der Waals surface area contributed by atoms with Crippen LogP contribution in [0, 0.1) is 11.8 Å². The van der Waals surface area contributed by atoms with Crippen LogP contribution in [0.3, 0.4) is 0 Å². The van der Waals surface area contributed by atoms with Gasteiger partial charge in [0.15, 0.2) is 0 Å². The second kappa shape index (κ2) is 9.77. The van der Waals surface area contributed by atoms with Crippen molar-refractivity contribution in [2.45, 2.75) is 72.3 Å². The van der Waals surface area contributed by atoms with Gasteiger partial charge < -0.3 is 10.2 Å². The van der Waals surface area contributed by atoms with Crippen LogP contribution in [0.1, 0.15) is 66.2 Å². The second-order valence-corrected chi connectivity index (χ2v) is 6.75. The highest BCUT2D eigenvalue weighted by Gasteiger charge is 2.22. The van der Waals surface area contributed by atoms with E-state index in [1.807, 2.05) is 0 Å². The third-order valence-corrected chi connectivity index (χ3v) is 4.44. The van der Waals surface area contributed by atoms with Gasteiger partial charge >= 0.3 is 0 Å². The minimum Gasteiger partial charge on any atom is -0.313 e. The van der Waals surface area contributed by atoms with Crippen LogP contribution in [0.15, 0.2) is 0 Å². The summed E-state index contributed by atoms with van der Waals surface area (Å²) in [6, 6.07) is 0.790. The number of nitrogens with one attached hydrogen (secondary N) is 1. The Labute approximate surface area is 121 Å². The standard InChI is InChI=1S/C17H36N2/c1-5-11-19(6-2)12-10-18-17-9-7-8-16(14-17)13-15(3)4/h15-18H,5-14H2,1-4H3. The lowest BCUT2D eigenvalue weighted by atomic mass is 9.81. The lowest BCUT2D eigenvalue weighted by molar-refractivity contribution is 0.236. The first-order valence-electron chi connectivity index (χ1n) is 8.61. The molecule has 0 aromatic heterocycles. The fourth-order valence-corrected chi connectivity index (χ4v) is 3.53. The molecule has 0 heterocycles. The normalized spacial score (nSPS) is 24.3. The number of hydrogen-bond acceptors (Lipinski definition) is 2. The van der Waals surface area contributed by atoms with Gasteiger partial charge in [-0.25, -0.2) is 0 Å². The fraction of sp³-hybridized carbons (Fsp3) is 1.00. The average Bonchev–Trinajstić information content (AvgIpc) is 2.37. The molecule has 0 bridgehead atoms. The van der Waals surface area contributed by atoms with Gasteiger partial charge in [0.1, 0.15) is 0 Å². The second-order valence-electron chi connectivity index (χ2n) is 6.75. The SMILES string of the molecule is CCCN(CC)CCNC1CCCC(CC(C)C)C1. The van der Waals surface area contributed by atoms with Crippen molar-refractivity contribution >= 4 is 0 Å². The smallest absolute Gasteiger partial charge is 0.0107 e. The Kier molecular flexibility index (Phi) is 8.72. The molecule has 1 saturated carbocycles. The van der Waals surface area contributed by atoms with Gasteiger partial charge in [0.05, 0.1) is 0 Å². The van der Waals surface area contributed by atoms with E-state index in [4.69, 9.17) is 0 Å². The van der Waals surface area contributed by atoms with Crippen LogP contribution >= 0.6 is 0 Å². The van der Waals surface area contributed by atoms with Gasteiger partial charge in [-0.1, -0.05) is 40.5 Å². The molecule has 2 nitrogen and oxygen atoms in total. The molecule has 0 aromatic rings. The Hall–Kier alpha value is -0.0800. The van der Waals surface area contributed by atoms with Crippen LogP contribution in [0.4, 0.5) is 0 Å². The maximum atomic E-state index is 3.81. The van der Waals surface area contributed by atoms with Crippen LogP contribution < -0.4 is 5.32 Å². The summed E-state index contributed by atoms with van der Waals surface area (Å²) in [5.41, 5.74) is 0. The molecule has 2 atom stereocenters.